The van der Waals surface area contributed by atoms with Crippen LogP contribution in [0.1, 0.15) is 28.0 Å². The molecule has 1 aliphatic carbocycles. The van der Waals surface area contributed by atoms with Crippen molar-refractivity contribution in [3.05, 3.63) is 82.0 Å². The van der Waals surface area contributed by atoms with Crippen molar-refractivity contribution < 1.29 is 29.3 Å². The summed E-state index contributed by atoms with van der Waals surface area (Å²) in [4.78, 5) is 36.6. The van der Waals surface area contributed by atoms with Crippen LogP contribution in [-0.2, 0) is 14.3 Å². The van der Waals surface area contributed by atoms with E-state index in [1.807, 2.05) is 48.5 Å². The SMILES string of the molecule is O=C(NC(C(=O)NC[C@H](O)C(=O)O)c1cccs1)OCC1c2ccccc2-c2ccccc21. The topological polar surface area (TPSA) is 125 Å². The third kappa shape index (κ3) is 4.89. The molecule has 4 N–H and O–H groups in total. The Hall–Kier alpha value is -3.69. The van der Waals surface area contributed by atoms with Crippen molar-refractivity contribution >= 4 is 29.3 Å². The number of aliphatic hydroxyl groups is 1. The Labute approximate surface area is 193 Å². The Kier molecular flexibility index (Phi) is 6.71. The zero-order valence-corrected chi connectivity index (χ0v) is 18.2. The zero-order chi connectivity index (χ0) is 23.4. The predicted octanol–water partition coefficient (Wildman–Crippen LogP) is 2.89. The van der Waals surface area contributed by atoms with E-state index in [1.165, 1.54) is 11.3 Å². The summed E-state index contributed by atoms with van der Waals surface area (Å²) >= 11 is 1.26. The standard InChI is InChI=1S/C24H22N2O6S/c27-19(23(29)30)12-25-22(28)21(20-10-5-11-33-20)26-24(31)32-13-18-16-8-3-1-6-14(16)15-7-2-4-9-17(15)18/h1-11,18-19,21,27H,12-13H2,(H,25,28)(H,26,31)(H,29,30)/t19-,21?/m0/s1. The number of carboxylic acid groups (broad SMARTS) is 1. The molecule has 3 aromatic rings. The normalized spacial score (nSPS) is 14.0. The number of alkyl carbamates (subject to hydrolysis) is 1. The monoisotopic (exact) mass is 466 g/mol. The van der Waals surface area contributed by atoms with E-state index in [2.05, 4.69) is 10.6 Å². The van der Waals surface area contributed by atoms with Crippen LogP contribution in [0.15, 0.2) is 66.0 Å². The molecule has 2 atom stereocenters. The van der Waals surface area contributed by atoms with E-state index in [0.717, 1.165) is 22.3 Å². The van der Waals surface area contributed by atoms with Gasteiger partial charge in [0.2, 0.25) is 5.91 Å². The second-order valence-electron chi connectivity index (χ2n) is 7.52. The molecule has 0 saturated heterocycles. The van der Waals surface area contributed by atoms with Gasteiger partial charge in [-0.2, -0.15) is 0 Å². The first-order valence-electron chi connectivity index (χ1n) is 10.3. The molecule has 33 heavy (non-hydrogen) atoms. The molecule has 1 aliphatic rings. The number of nitrogens with one attached hydrogen (secondary N) is 2. The van der Waals surface area contributed by atoms with Crippen molar-refractivity contribution in [2.24, 2.45) is 0 Å². The highest BCUT2D eigenvalue weighted by Gasteiger charge is 2.30. The Morgan fingerprint density at radius 1 is 0.970 bits per heavy atom. The minimum Gasteiger partial charge on any atom is -0.479 e. The number of carboxylic acids is 1. The molecule has 1 aromatic heterocycles. The van der Waals surface area contributed by atoms with E-state index in [9.17, 15) is 19.5 Å². The van der Waals surface area contributed by atoms with Crippen molar-refractivity contribution in [2.75, 3.05) is 13.2 Å². The third-order valence-electron chi connectivity index (χ3n) is 5.45. The first kappa shape index (κ1) is 22.5. The van der Waals surface area contributed by atoms with Crippen LogP contribution in [0.3, 0.4) is 0 Å². The van der Waals surface area contributed by atoms with Crippen LogP contribution in [-0.4, -0.2) is 47.4 Å². The van der Waals surface area contributed by atoms with E-state index in [-0.39, 0.29) is 12.5 Å². The summed E-state index contributed by atoms with van der Waals surface area (Å²) in [6.45, 7) is -0.390. The van der Waals surface area contributed by atoms with Crippen molar-refractivity contribution in [3.8, 4) is 11.1 Å². The number of carbonyl (C=O) groups excluding carboxylic acids is 2. The van der Waals surface area contributed by atoms with E-state index >= 15 is 0 Å². The summed E-state index contributed by atoms with van der Waals surface area (Å²) in [6, 6.07) is 18.2. The lowest BCUT2D eigenvalue weighted by atomic mass is 9.98. The van der Waals surface area contributed by atoms with Gasteiger partial charge in [0.25, 0.3) is 0 Å². The first-order chi connectivity index (χ1) is 16.0. The maximum atomic E-state index is 12.6. The van der Waals surface area contributed by atoms with Crippen LogP contribution in [0.4, 0.5) is 4.79 Å². The fourth-order valence-corrected chi connectivity index (χ4v) is 4.64. The number of amides is 2. The van der Waals surface area contributed by atoms with Gasteiger partial charge in [0.1, 0.15) is 12.6 Å². The Bertz CT molecular complexity index is 1120. The minimum atomic E-state index is -1.74. The lowest BCUT2D eigenvalue weighted by Crippen LogP contribution is -2.44. The zero-order valence-electron chi connectivity index (χ0n) is 17.4. The molecule has 0 fully saturated rings. The average Bonchev–Trinajstić information content (AvgIpc) is 3.46. The fourth-order valence-electron chi connectivity index (χ4n) is 3.87. The largest absolute Gasteiger partial charge is 0.479 e. The molecule has 0 bridgehead atoms. The van der Waals surface area contributed by atoms with Crippen LogP contribution in [0.2, 0.25) is 0 Å². The van der Waals surface area contributed by atoms with Crippen LogP contribution in [0, 0.1) is 0 Å². The van der Waals surface area contributed by atoms with Gasteiger partial charge in [-0.25, -0.2) is 9.59 Å². The molecule has 4 rings (SSSR count). The second kappa shape index (κ2) is 9.85. The van der Waals surface area contributed by atoms with Gasteiger partial charge in [-0.05, 0) is 33.7 Å². The maximum Gasteiger partial charge on any atom is 0.408 e. The number of benzene rings is 2. The highest BCUT2D eigenvalue weighted by molar-refractivity contribution is 7.10. The Balaban J connectivity index is 1.43. The van der Waals surface area contributed by atoms with Gasteiger partial charge in [-0.1, -0.05) is 54.6 Å². The smallest absolute Gasteiger partial charge is 0.408 e. The lowest BCUT2D eigenvalue weighted by molar-refractivity contribution is -0.146. The van der Waals surface area contributed by atoms with E-state index in [0.29, 0.717) is 4.88 Å². The summed E-state index contributed by atoms with van der Waals surface area (Å²) in [5.41, 5.74) is 4.35. The van der Waals surface area contributed by atoms with Gasteiger partial charge in [0.15, 0.2) is 6.10 Å². The van der Waals surface area contributed by atoms with Crippen LogP contribution in [0.25, 0.3) is 11.1 Å². The molecule has 2 amide bonds. The molecule has 9 heteroatoms. The Morgan fingerprint density at radius 2 is 1.61 bits per heavy atom. The highest BCUT2D eigenvalue weighted by Crippen LogP contribution is 2.44. The maximum absolute atomic E-state index is 12.6. The number of aliphatic hydroxyl groups excluding tert-OH is 1. The van der Waals surface area contributed by atoms with Gasteiger partial charge < -0.3 is 25.6 Å². The van der Waals surface area contributed by atoms with Crippen molar-refractivity contribution in [2.45, 2.75) is 18.1 Å². The minimum absolute atomic E-state index is 0.0936. The first-order valence-corrected chi connectivity index (χ1v) is 11.2. The molecule has 0 radical (unpaired) electrons. The van der Waals surface area contributed by atoms with Crippen LogP contribution in [0.5, 0.6) is 0 Å². The third-order valence-corrected chi connectivity index (χ3v) is 6.39. The van der Waals surface area contributed by atoms with E-state index in [1.54, 1.807) is 17.5 Å². The lowest BCUT2D eigenvalue weighted by Gasteiger charge is -2.19. The molecule has 170 valence electrons. The molecular formula is C24H22N2O6S. The van der Waals surface area contributed by atoms with Gasteiger partial charge in [0, 0.05) is 10.8 Å². The molecule has 1 heterocycles. The number of ether oxygens (including phenoxy) is 1. The quantitative estimate of drug-likeness (QED) is 0.405. The van der Waals surface area contributed by atoms with Crippen molar-refractivity contribution in [3.63, 3.8) is 0 Å². The number of thiophene rings is 1. The molecule has 0 aliphatic heterocycles. The predicted molar refractivity (Wildman–Crippen MR) is 122 cm³/mol. The highest BCUT2D eigenvalue weighted by atomic mass is 32.1. The summed E-state index contributed by atoms with van der Waals surface area (Å²) in [7, 11) is 0. The van der Waals surface area contributed by atoms with Crippen molar-refractivity contribution in [1.82, 2.24) is 10.6 Å². The number of aliphatic carboxylic acids is 1. The van der Waals surface area contributed by atoms with Gasteiger partial charge in [0.05, 0.1) is 6.54 Å². The summed E-state index contributed by atoms with van der Waals surface area (Å²) in [5.74, 6) is -2.22. The molecule has 0 saturated carbocycles. The van der Waals surface area contributed by atoms with Gasteiger partial charge in [-0.3, -0.25) is 4.79 Å². The second-order valence-corrected chi connectivity index (χ2v) is 8.50. The molecule has 2 aromatic carbocycles. The van der Waals surface area contributed by atoms with Gasteiger partial charge in [-0.15, -0.1) is 11.3 Å². The molecular weight excluding hydrogens is 444 g/mol. The van der Waals surface area contributed by atoms with Crippen molar-refractivity contribution in [1.29, 1.82) is 0 Å². The van der Waals surface area contributed by atoms with E-state index in [4.69, 9.17) is 9.84 Å². The average molecular weight is 467 g/mol. The summed E-state index contributed by atoms with van der Waals surface area (Å²) in [5, 5.41) is 24.8. The molecule has 0 spiro atoms. The summed E-state index contributed by atoms with van der Waals surface area (Å²) in [6.07, 6.45) is -2.52. The number of carbonyl (C=O) groups is 3. The molecule has 8 nitrogen and oxygen atoms in total. The van der Waals surface area contributed by atoms with Crippen LogP contribution < -0.4 is 10.6 Å². The number of fused-ring (bicyclic) bond motifs is 3. The Morgan fingerprint density at radius 3 is 2.18 bits per heavy atom. The van der Waals surface area contributed by atoms with E-state index < -0.39 is 36.7 Å². The number of rotatable bonds is 8. The summed E-state index contributed by atoms with van der Waals surface area (Å²) < 4.78 is 5.51. The number of hydrogen-bond donors (Lipinski definition) is 4. The number of hydrogen-bond acceptors (Lipinski definition) is 6. The fraction of sp³-hybridized carbons (Fsp3) is 0.208. The van der Waals surface area contributed by atoms with Crippen LogP contribution >= 0.6 is 11.3 Å². The molecule has 1 unspecified atom stereocenters. The van der Waals surface area contributed by atoms with Gasteiger partial charge >= 0.3 is 12.1 Å².